The summed E-state index contributed by atoms with van der Waals surface area (Å²) in [4.78, 5) is 37.4. The van der Waals surface area contributed by atoms with Crippen LogP contribution in [0.4, 0.5) is 20.5 Å². The monoisotopic (exact) mass is 594 g/mol. The molecule has 4 aromatic rings. The van der Waals surface area contributed by atoms with Gasteiger partial charge in [0.1, 0.15) is 16.3 Å². The Bertz CT molecular complexity index is 1640. The average molecular weight is 595 g/mol. The third-order valence-electron chi connectivity index (χ3n) is 8.40. The fraction of sp³-hybridized carbons (Fsp3) is 0.419. The van der Waals surface area contributed by atoms with Crippen LogP contribution in [0.15, 0.2) is 40.9 Å². The van der Waals surface area contributed by atoms with Gasteiger partial charge in [0.05, 0.1) is 26.0 Å². The number of rotatable bonds is 8. The van der Waals surface area contributed by atoms with Crippen molar-refractivity contribution in [2.75, 3.05) is 12.4 Å². The number of esters is 1. The highest BCUT2D eigenvalue weighted by Gasteiger charge is 2.46. The number of hydrogen-bond donors (Lipinski definition) is 1. The minimum atomic E-state index is -0.632. The number of nitrogens with one attached hydrogen (secondary N) is 1. The molecule has 3 atom stereocenters. The molecule has 2 aliphatic rings. The van der Waals surface area contributed by atoms with E-state index in [1.165, 1.54) is 30.6 Å². The van der Waals surface area contributed by atoms with Crippen molar-refractivity contribution in [3.63, 3.8) is 0 Å². The smallest absolute Gasteiger partial charge is 0.305 e. The molecule has 11 heteroatoms. The first kappa shape index (κ1) is 28.3. The first-order valence-corrected chi connectivity index (χ1v) is 15.1. The van der Waals surface area contributed by atoms with Gasteiger partial charge < -0.3 is 19.4 Å². The molecular formula is C31H32F2N4O4S. The summed E-state index contributed by atoms with van der Waals surface area (Å²) in [6.07, 6.45) is 7.49. The van der Waals surface area contributed by atoms with Crippen LogP contribution in [0.25, 0.3) is 11.1 Å². The van der Waals surface area contributed by atoms with E-state index in [9.17, 15) is 14.0 Å². The summed E-state index contributed by atoms with van der Waals surface area (Å²) < 4.78 is 39.9. The second-order valence-corrected chi connectivity index (χ2v) is 12.2. The van der Waals surface area contributed by atoms with Crippen LogP contribution in [0.5, 0.6) is 0 Å². The summed E-state index contributed by atoms with van der Waals surface area (Å²) in [6, 6.07) is 7.47. The number of carbonyl (C=O) groups is 2. The lowest BCUT2D eigenvalue weighted by atomic mass is 9.84. The molecule has 2 aromatic heterocycles. The average Bonchev–Trinajstić information content (AvgIpc) is 3.72. The van der Waals surface area contributed by atoms with Crippen molar-refractivity contribution in [2.45, 2.75) is 70.4 Å². The number of methoxy groups -OCH3 is 1. The summed E-state index contributed by atoms with van der Waals surface area (Å²) >= 11 is 1.53. The van der Waals surface area contributed by atoms with Crippen LogP contribution in [0.3, 0.4) is 0 Å². The number of halogens is 2. The number of fused-ring (bicyclic) bond motifs is 2. The van der Waals surface area contributed by atoms with E-state index in [0.717, 1.165) is 47.6 Å². The van der Waals surface area contributed by atoms with E-state index < -0.39 is 11.6 Å². The van der Waals surface area contributed by atoms with Crippen LogP contribution in [-0.4, -0.2) is 39.9 Å². The Balaban J connectivity index is 1.23. The highest BCUT2D eigenvalue weighted by molar-refractivity contribution is 7.11. The normalized spacial score (nSPS) is 20.1. The van der Waals surface area contributed by atoms with Gasteiger partial charge in [0.2, 0.25) is 5.91 Å². The molecule has 2 aromatic carbocycles. The van der Waals surface area contributed by atoms with Crippen LogP contribution in [0.2, 0.25) is 0 Å². The van der Waals surface area contributed by atoms with Crippen LogP contribution >= 0.6 is 11.3 Å². The Labute approximate surface area is 246 Å². The minimum Gasteiger partial charge on any atom is -0.469 e. The van der Waals surface area contributed by atoms with Gasteiger partial charge in [-0.15, -0.1) is 11.3 Å². The third-order valence-corrected chi connectivity index (χ3v) is 9.55. The number of benzene rings is 2. The number of anilines is 2. The van der Waals surface area contributed by atoms with Gasteiger partial charge >= 0.3 is 5.97 Å². The standard InChI is InChI=1S/C31H32F2N4O4S/c1-17-7-9-20(32)15-23(17)36-31-35-22-11-8-19(28(33)29(22)41-31)14-26(38)37-24-6-4-3-5-18(24)13-25(37)30-34-16-21(42-30)10-12-27(39)40-2/h7-9,11,15-16,18,24-25H,3-6,10,12-14H2,1-2H3,(H,35,36)/t18-,24-,25-/m0/s1. The molecule has 0 bridgehead atoms. The van der Waals surface area contributed by atoms with Crippen molar-refractivity contribution >= 4 is 46.0 Å². The second kappa shape index (κ2) is 11.8. The van der Waals surface area contributed by atoms with Gasteiger partial charge in [-0.25, -0.2) is 13.8 Å². The highest BCUT2D eigenvalue weighted by atomic mass is 32.1. The van der Waals surface area contributed by atoms with E-state index in [1.807, 2.05) is 11.8 Å². The van der Waals surface area contributed by atoms with Gasteiger partial charge in [-0.2, -0.15) is 4.98 Å². The summed E-state index contributed by atoms with van der Waals surface area (Å²) in [5.41, 5.74) is 1.72. The molecule has 1 aliphatic carbocycles. The van der Waals surface area contributed by atoms with E-state index in [1.54, 1.807) is 24.4 Å². The maximum atomic E-state index is 15.7. The van der Waals surface area contributed by atoms with Crippen molar-refractivity contribution in [3.05, 3.63) is 69.2 Å². The molecule has 1 N–H and O–H groups in total. The number of amides is 1. The number of hydrogen-bond acceptors (Lipinski definition) is 8. The number of thiazole rings is 1. The number of ether oxygens (including phenoxy) is 1. The number of likely N-dealkylation sites (tertiary alicyclic amines) is 1. The summed E-state index contributed by atoms with van der Waals surface area (Å²) in [7, 11) is 1.37. The lowest BCUT2D eigenvalue weighted by molar-refractivity contribution is -0.140. The predicted molar refractivity (Wildman–Crippen MR) is 154 cm³/mol. The molecule has 8 nitrogen and oxygen atoms in total. The Morgan fingerprint density at radius 1 is 1.19 bits per heavy atom. The van der Waals surface area contributed by atoms with E-state index in [4.69, 9.17) is 9.15 Å². The number of aromatic nitrogens is 2. The largest absolute Gasteiger partial charge is 0.469 e. The lowest BCUT2D eigenvalue weighted by Crippen LogP contribution is -2.41. The summed E-state index contributed by atoms with van der Waals surface area (Å²) in [5, 5.41) is 3.77. The Hall–Kier alpha value is -3.86. The molecular weight excluding hydrogens is 562 g/mol. The second-order valence-electron chi connectivity index (χ2n) is 11.1. The predicted octanol–water partition coefficient (Wildman–Crippen LogP) is 6.80. The van der Waals surface area contributed by atoms with Crippen LogP contribution in [0, 0.1) is 24.5 Å². The molecule has 0 unspecified atom stereocenters. The number of carbonyl (C=O) groups excluding carboxylic acids is 2. The Morgan fingerprint density at radius 3 is 2.86 bits per heavy atom. The maximum Gasteiger partial charge on any atom is 0.305 e. The zero-order valence-corrected chi connectivity index (χ0v) is 24.3. The third kappa shape index (κ3) is 5.62. The van der Waals surface area contributed by atoms with E-state index in [-0.39, 0.29) is 54.0 Å². The highest BCUT2D eigenvalue weighted by Crippen LogP contribution is 2.47. The first-order chi connectivity index (χ1) is 20.3. The summed E-state index contributed by atoms with van der Waals surface area (Å²) in [6.45, 7) is 1.81. The molecule has 220 valence electrons. The summed E-state index contributed by atoms with van der Waals surface area (Å²) in [5.74, 6) is -1.08. The molecule has 0 spiro atoms. The van der Waals surface area contributed by atoms with Gasteiger partial charge in [-0.3, -0.25) is 9.59 Å². The fourth-order valence-corrected chi connectivity index (χ4v) is 7.28. The van der Waals surface area contributed by atoms with Gasteiger partial charge in [0, 0.05) is 28.4 Å². The molecule has 6 rings (SSSR count). The van der Waals surface area contributed by atoms with E-state index in [0.29, 0.717) is 23.5 Å². The molecule has 2 fully saturated rings. The van der Waals surface area contributed by atoms with Gasteiger partial charge in [0.25, 0.3) is 6.01 Å². The van der Waals surface area contributed by atoms with E-state index in [2.05, 4.69) is 15.3 Å². The molecule has 42 heavy (non-hydrogen) atoms. The molecule has 1 saturated heterocycles. The lowest BCUT2D eigenvalue weighted by Gasteiger charge is -2.33. The van der Waals surface area contributed by atoms with Crippen molar-refractivity contribution in [2.24, 2.45) is 5.92 Å². The molecule has 1 amide bonds. The zero-order valence-electron chi connectivity index (χ0n) is 23.5. The molecule has 1 aliphatic heterocycles. The first-order valence-electron chi connectivity index (χ1n) is 14.2. The molecule has 3 heterocycles. The topological polar surface area (TPSA) is 97.6 Å². The molecule has 1 saturated carbocycles. The minimum absolute atomic E-state index is 0.0394. The number of oxazole rings is 1. The van der Waals surface area contributed by atoms with Crippen LogP contribution in [-0.2, 0) is 27.2 Å². The Morgan fingerprint density at radius 2 is 2.02 bits per heavy atom. The Kier molecular flexibility index (Phi) is 7.94. The zero-order chi connectivity index (χ0) is 29.4. The van der Waals surface area contributed by atoms with Crippen LogP contribution in [0.1, 0.15) is 65.6 Å². The van der Waals surface area contributed by atoms with E-state index >= 15 is 4.39 Å². The van der Waals surface area contributed by atoms with Gasteiger partial charge in [-0.1, -0.05) is 25.0 Å². The number of nitrogens with zero attached hydrogens (tertiary/aromatic N) is 3. The van der Waals surface area contributed by atoms with Crippen LogP contribution < -0.4 is 5.32 Å². The quantitative estimate of drug-likeness (QED) is 0.224. The fourth-order valence-electron chi connectivity index (χ4n) is 6.25. The van der Waals surface area contributed by atoms with Crippen molar-refractivity contribution in [1.29, 1.82) is 0 Å². The van der Waals surface area contributed by atoms with Gasteiger partial charge in [-0.05, 0) is 62.3 Å². The van der Waals surface area contributed by atoms with Crippen molar-refractivity contribution < 1.29 is 27.5 Å². The maximum absolute atomic E-state index is 15.7. The number of aryl methyl sites for hydroxylation is 2. The van der Waals surface area contributed by atoms with Crippen molar-refractivity contribution in [1.82, 2.24) is 14.9 Å². The molecule has 0 radical (unpaired) electrons. The van der Waals surface area contributed by atoms with Crippen molar-refractivity contribution in [3.8, 4) is 0 Å². The van der Waals surface area contributed by atoms with Gasteiger partial charge in [0.15, 0.2) is 11.4 Å². The SMILES string of the molecule is COC(=O)CCc1cnc([C@@H]2C[C@@H]3CCCC[C@@H]3N2C(=O)Cc2ccc3nc(Nc4cc(F)ccc4C)oc3c2F)s1.